The van der Waals surface area contributed by atoms with Crippen molar-refractivity contribution >= 4 is 18.3 Å². The standard InChI is InChI=1S/C19H30N2O3.ClH/c1-2-23-12-13-24-18-11-7-6-10-16(18)19(22)21-17(14-20)15-8-4-3-5-9-15;/h6-7,10-11,15,17H,2-5,8-9,12-14,20H2,1H3,(H,21,22);1H. The summed E-state index contributed by atoms with van der Waals surface area (Å²) in [6.07, 6.45) is 6.05. The molecule has 1 aliphatic carbocycles. The lowest BCUT2D eigenvalue weighted by molar-refractivity contribution is 0.0901. The molecule has 0 heterocycles. The first kappa shape index (κ1) is 21.7. The minimum atomic E-state index is -0.108. The van der Waals surface area contributed by atoms with E-state index in [1.807, 2.05) is 25.1 Å². The van der Waals surface area contributed by atoms with Gasteiger partial charge in [0, 0.05) is 19.2 Å². The second-order valence-corrected chi connectivity index (χ2v) is 6.26. The van der Waals surface area contributed by atoms with Crippen LogP contribution in [0.25, 0.3) is 0 Å². The Kier molecular flexibility index (Phi) is 10.5. The Balaban J connectivity index is 0.00000312. The predicted octanol–water partition coefficient (Wildman–Crippen LogP) is 3.16. The van der Waals surface area contributed by atoms with Crippen molar-refractivity contribution in [2.75, 3.05) is 26.4 Å². The number of rotatable bonds is 9. The zero-order valence-electron chi connectivity index (χ0n) is 15.0. The summed E-state index contributed by atoms with van der Waals surface area (Å²) in [5.74, 6) is 0.968. The molecule has 0 saturated heterocycles. The van der Waals surface area contributed by atoms with Crippen LogP contribution < -0.4 is 15.8 Å². The Labute approximate surface area is 157 Å². The summed E-state index contributed by atoms with van der Waals surface area (Å²) in [4.78, 5) is 12.7. The zero-order chi connectivity index (χ0) is 17.2. The molecule has 0 radical (unpaired) electrons. The van der Waals surface area contributed by atoms with E-state index in [1.54, 1.807) is 6.07 Å². The van der Waals surface area contributed by atoms with Gasteiger partial charge in [-0.05, 0) is 37.8 Å². The van der Waals surface area contributed by atoms with Crippen LogP contribution in [0.2, 0.25) is 0 Å². The van der Waals surface area contributed by atoms with Crippen LogP contribution in [0, 0.1) is 5.92 Å². The maximum Gasteiger partial charge on any atom is 0.255 e. The van der Waals surface area contributed by atoms with Crippen molar-refractivity contribution in [3.8, 4) is 5.75 Å². The lowest BCUT2D eigenvalue weighted by Crippen LogP contribution is -2.46. The fraction of sp³-hybridized carbons (Fsp3) is 0.632. The average Bonchev–Trinajstić information content (AvgIpc) is 2.64. The van der Waals surface area contributed by atoms with Gasteiger partial charge in [0.05, 0.1) is 12.2 Å². The molecule has 6 heteroatoms. The Hall–Kier alpha value is -1.30. The van der Waals surface area contributed by atoms with Crippen molar-refractivity contribution in [1.82, 2.24) is 5.32 Å². The molecule has 142 valence electrons. The number of halogens is 1. The molecule has 25 heavy (non-hydrogen) atoms. The van der Waals surface area contributed by atoms with Gasteiger partial charge in [-0.15, -0.1) is 12.4 Å². The number of ether oxygens (including phenoxy) is 2. The number of amides is 1. The molecular weight excluding hydrogens is 340 g/mol. The van der Waals surface area contributed by atoms with Crippen LogP contribution in [0.5, 0.6) is 5.75 Å². The van der Waals surface area contributed by atoms with Crippen molar-refractivity contribution in [3.05, 3.63) is 29.8 Å². The van der Waals surface area contributed by atoms with Crippen LogP contribution in [0.4, 0.5) is 0 Å². The third-order valence-corrected chi connectivity index (χ3v) is 4.61. The molecule has 0 aliphatic heterocycles. The Morgan fingerprint density at radius 3 is 2.64 bits per heavy atom. The second kappa shape index (κ2) is 12.1. The summed E-state index contributed by atoms with van der Waals surface area (Å²) in [6.45, 7) is 4.02. The Morgan fingerprint density at radius 2 is 1.96 bits per heavy atom. The number of nitrogens with two attached hydrogens (primary N) is 1. The van der Waals surface area contributed by atoms with Gasteiger partial charge in [-0.25, -0.2) is 0 Å². The maximum atomic E-state index is 12.7. The number of benzene rings is 1. The number of carbonyl (C=O) groups is 1. The SMILES string of the molecule is CCOCCOc1ccccc1C(=O)NC(CN)C1CCCCC1.Cl. The van der Waals surface area contributed by atoms with Gasteiger partial charge in [0.25, 0.3) is 5.91 Å². The van der Waals surface area contributed by atoms with E-state index in [1.165, 1.54) is 19.3 Å². The van der Waals surface area contributed by atoms with Gasteiger partial charge >= 0.3 is 0 Å². The van der Waals surface area contributed by atoms with Crippen LogP contribution in [0.15, 0.2) is 24.3 Å². The van der Waals surface area contributed by atoms with E-state index in [0.29, 0.717) is 43.6 Å². The van der Waals surface area contributed by atoms with E-state index < -0.39 is 0 Å². The smallest absolute Gasteiger partial charge is 0.255 e. The molecule has 1 atom stereocenters. The number of nitrogens with one attached hydrogen (secondary N) is 1. The molecule has 1 aromatic carbocycles. The third kappa shape index (κ3) is 6.84. The highest BCUT2D eigenvalue weighted by atomic mass is 35.5. The summed E-state index contributed by atoms with van der Waals surface area (Å²) >= 11 is 0. The molecule has 5 nitrogen and oxygen atoms in total. The van der Waals surface area contributed by atoms with Crippen molar-refractivity contribution < 1.29 is 14.3 Å². The van der Waals surface area contributed by atoms with Crippen LogP contribution in [-0.2, 0) is 4.74 Å². The largest absolute Gasteiger partial charge is 0.490 e. The molecular formula is C19H31ClN2O3. The molecule has 1 saturated carbocycles. The van der Waals surface area contributed by atoms with Crippen LogP contribution >= 0.6 is 12.4 Å². The van der Waals surface area contributed by atoms with Gasteiger partial charge in [0.15, 0.2) is 0 Å². The molecule has 1 aromatic rings. The molecule has 0 aromatic heterocycles. The molecule has 1 amide bonds. The first-order valence-corrected chi connectivity index (χ1v) is 9.06. The molecule has 0 spiro atoms. The lowest BCUT2D eigenvalue weighted by Gasteiger charge is -2.30. The quantitative estimate of drug-likeness (QED) is 0.655. The van der Waals surface area contributed by atoms with E-state index in [9.17, 15) is 4.79 Å². The fourth-order valence-electron chi connectivity index (χ4n) is 3.29. The van der Waals surface area contributed by atoms with E-state index in [-0.39, 0.29) is 24.4 Å². The monoisotopic (exact) mass is 370 g/mol. The van der Waals surface area contributed by atoms with Crippen molar-refractivity contribution in [2.24, 2.45) is 11.7 Å². The maximum absolute atomic E-state index is 12.7. The summed E-state index contributed by atoms with van der Waals surface area (Å²) < 4.78 is 11.0. The van der Waals surface area contributed by atoms with Gasteiger partial charge < -0.3 is 20.5 Å². The number of hydrogen-bond donors (Lipinski definition) is 2. The number of para-hydroxylation sites is 1. The van der Waals surface area contributed by atoms with Crippen LogP contribution in [0.1, 0.15) is 49.4 Å². The Bertz CT molecular complexity index is 507. The van der Waals surface area contributed by atoms with Gasteiger partial charge in [-0.3, -0.25) is 4.79 Å². The number of carbonyl (C=O) groups excluding carboxylic acids is 1. The minimum absolute atomic E-state index is 0. The van der Waals surface area contributed by atoms with Gasteiger partial charge in [-0.1, -0.05) is 31.4 Å². The summed E-state index contributed by atoms with van der Waals surface area (Å²) in [6, 6.07) is 7.37. The summed E-state index contributed by atoms with van der Waals surface area (Å²) in [7, 11) is 0. The van der Waals surface area contributed by atoms with Crippen LogP contribution in [0.3, 0.4) is 0 Å². The van der Waals surface area contributed by atoms with Crippen molar-refractivity contribution in [1.29, 1.82) is 0 Å². The van der Waals surface area contributed by atoms with Crippen molar-refractivity contribution in [2.45, 2.75) is 45.1 Å². The lowest BCUT2D eigenvalue weighted by atomic mass is 9.84. The highest BCUT2D eigenvalue weighted by Crippen LogP contribution is 2.27. The number of hydrogen-bond acceptors (Lipinski definition) is 4. The molecule has 1 fully saturated rings. The zero-order valence-corrected chi connectivity index (χ0v) is 15.9. The van der Waals surface area contributed by atoms with Crippen LogP contribution in [-0.4, -0.2) is 38.3 Å². The third-order valence-electron chi connectivity index (χ3n) is 4.61. The predicted molar refractivity (Wildman–Crippen MR) is 103 cm³/mol. The first-order valence-electron chi connectivity index (χ1n) is 9.06. The molecule has 1 unspecified atom stereocenters. The van der Waals surface area contributed by atoms with Gasteiger partial charge in [-0.2, -0.15) is 0 Å². The van der Waals surface area contributed by atoms with E-state index in [4.69, 9.17) is 15.2 Å². The van der Waals surface area contributed by atoms with E-state index >= 15 is 0 Å². The van der Waals surface area contributed by atoms with Crippen molar-refractivity contribution in [3.63, 3.8) is 0 Å². The first-order chi connectivity index (χ1) is 11.8. The molecule has 2 rings (SSSR count). The minimum Gasteiger partial charge on any atom is -0.490 e. The molecule has 0 bridgehead atoms. The molecule has 3 N–H and O–H groups in total. The van der Waals surface area contributed by atoms with E-state index in [0.717, 1.165) is 12.8 Å². The highest BCUT2D eigenvalue weighted by Gasteiger charge is 2.25. The normalized spacial score (nSPS) is 15.9. The summed E-state index contributed by atoms with van der Waals surface area (Å²) in [5, 5.41) is 3.12. The fourth-order valence-corrected chi connectivity index (χ4v) is 3.29. The molecule has 1 aliphatic rings. The topological polar surface area (TPSA) is 73.6 Å². The highest BCUT2D eigenvalue weighted by molar-refractivity contribution is 5.97. The van der Waals surface area contributed by atoms with E-state index in [2.05, 4.69) is 5.32 Å². The van der Waals surface area contributed by atoms with Gasteiger partial charge in [0.1, 0.15) is 12.4 Å². The second-order valence-electron chi connectivity index (χ2n) is 6.26. The Morgan fingerprint density at radius 1 is 1.24 bits per heavy atom. The van der Waals surface area contributed by atoms with Gasteiger partial charge in [0.2, 0.25) is 0 Å². The average molecular weight is 371 g/mol. The summed E-state index contributed by atoms with van der Waals surface area (Å²) in [5.41, 5.74) is 6.48.